The SMILES string of the molecule is CC1(N)CCC1.CCN(CC)CC.Cl.Cn1c(Cl)nc2c(I)cccc2c1=O.Cn1c(NC2(C)CCC2)nc2c(I)cccc2c1=O. The number of halogens is 4. The third-order valence-corrected chi connectivity index (χ3v) is 10.8. The van der Waals surface area contributed by atoms with E-state index in [9.17, 15) is 9.59 Å². The molecule has 0 atom stereocenters. The standard InChI is InChI=1S/C14H16IN3O.C9H6ClIN2O.C6H15N.C5H11N.ClH/c1-14(7-4-8-14)17-13-16-11-9(12(19)18(13)2)5-3-6-10(11)15;1-13-8(14)5-3-2-4-6(11)7(5)12-9(13)10;1-4-7(5-2)6-3;1-5(6)3-2-4-5;/h3,5-6H,4,7-8H2,1-2H3,(H,16,17);2-4H,1H3;4-6H2,1-3H3;2-4,6H2,1H3;1H. The zero-order chi connectivity index (χ0) is 34.2. The molecule has 6 rings (SSSR count). The van der Waals surface area contributed by atoms with Gasteiger partial charge in [0.05, 0.1) is 21.8 Å². The van der Waals surface area contributed by atoms with Crippen molar-refractivity contribution in [3.8, 4) is 0 Å². The Balaban J connectivity index is 0.000000240. The summed E-state index contributed by atoms with van der Waals surface area (Å²) < 4.78 is 4.89. The van der Waals surface area contributed by atoms with Gasteiger partial charge in [-0.1, -0.05) is 32.9 Å². The van der Waals surface area contributed by atoms with Gasteiger partial charge in [-0.2, -0.15) is 0 Å². The highest BCUT2D eigenvalue weighted by atomic mass is 127. The minimum Gasteiger partial charge on any atom is -0.350 e. The molecular formula is C34H49Cl2I2N7O2. The first-order chi connectivity index (χ1) is 21.7. The Hall–Kier alpha value is -1.52. The highest BCUT2D eigenvalue weighted by Crippen LogP contribution is 2.34. The number of rotatable bonds is 5. The van der Waals surface area contributed by atoms with E-state index < -0.39 is 0 Å². The lowest BCUT2D eigenvalue weighted by molar-refractivity contribution is 0.277. The Kier molecular flexibility index (Phi) is 16.4. The van der Waals surface area contributed by atoms with Crippen LogP contribution in [0.2, 0.25) is 5.28 Å². The number of aromatic nitrogens is 4. The van der Waals surface area contributed by atoms with Gasteiger partial charge >= 0.3 is 0 Å². The van der Waals surface area contributed by atoms with Crippen molar-refractivity contribution in [1.82, 2.24) is 24.0 Å². The van der Waals surface area contributed by atoms with Crippen LogP contribution >= 0.6 is 69.2 Å². The molecule has 0 radical (unpaired) electrons. The van der Waals surface area contributed by atoms with Crippen molar-refractivity contribution in [2.75, 3.05) is 25.0 Å². The normalized spacial score (nSPS) is 15.4. The predicted molar refractivity (Wildman–Crippen MR) is 217 cm³/mol. The summed E-state index contributed by atoms with van der Waals surface area (Å²) >= 11 is 10.2. The third-order valence-electron chi connectivity index (χ3n) is 8.77. The molecule has 13 heteroatoms. The van der Waals surface area contributed by atoms with Gasteiger partial charge in [-0.3, -0.25) is 18.7 Å². The van der Waals surface area contributed by atoms with Crippen molar-refractivity contribution < 1.29 is 0 Å². The van der Waals surface area contributed by atoms with Crippen molar-refractivity contribution in [1.29, 1.82) is 0 Å². The number of para-hydroxylation sites is 2. The Morgan fingerprint density at radius 3 is 1.62 bits per heavy atom. The molecule has 2 aliphatic carbocycles. The lowest BCUT2D eigenvalue weighted by Gasteiger charge is -2.39. The van der Waals surface area contributed by atoms with Crippen molar-refractivity contribution >= 4 is 96.9 Å². The topological polar surface area (TPSA) is 111 Å². The van der Waals surface area contributed by atoms with Crippen LogP contribution in [-0.4, -0.2) is 54.7 Å². The van der Waals surface area contributed by atoms with Crippen LogP contribution in [0.3, 0.4) is 0 Å². The van der Waals surface area contributed by atoms with E-state index in [0.717, 1.165) is 25.5 Å². The van der Waals surface area contributed by atoms with Gasteiger partial charge < -0.3 is 16.0 Å². The number of fused-ring (bicyclic) bond motifs is 2. The van der Waals surface area contributed by atoms with Crippen LogP contribution in [0.25, 0.3) is 21.8 Å². The van der Waals surface area contributed by atoms with Gasteiger partial charge in [-0.25, -0.2) is 9.97 Å². The predicted octanol–water partition coefficient (Wildman–Crippen LogP) is 7.74. The summed E-state index contributed by atoms with van der Waals surface area (Å²) in [4.78, 5) is 35.3. The summed E-state index contributed by atoms with van der Waals surface area (Å²) in [5, 5.41) is 4.93. The first-order valence-electron chi connectivity index (χ1n) is 15.9. The number of nitrogens with two attached hydrogens (primary N) is 1. The molecule has 0 amide bonds. The lowest BCUT2D eigenvalue weighted by Crippen LogP contribution is -2.43. The van der Waals surface area contributed by atoms with Gasteiger partial charge in [0.1, 0.15) is 0 Å². The fraction of sp³-hybridized carbons (Fsp3) is 0.529. The molecule has 0 saturated heterocycles. The van der Waals surface area contributed by atoms with E-state index in [4.69, 9.17) is 17.3 Å². The number of benzene rings is 2. The van der Waals surface area contributed by atoms with Gasteiger partial charge in [0.2, 0.25) is 11.2 Å². The van der Waals surface area contributed by atoms with E-state index in [1.165, 1.54) is 49.9 Å². The van der Waals surface area contributed by atoms with Crippen LogP contribution < -0.4 is 22.2 Å². The van der Waals surface area contributed by atoms with Crippen LogP contribution in [0.15, 0.2) is 46.0 Å². The van der Waals surface area contributed by atoms with Gasteiger partial charge in [-0.15, -0.1) is 12.4 Å². The molecule has 0 unspecified atom stereocenters. The minimum atomic E-state index is -0.112. The van der Waals surface area contributed by atoms with Crippen molar-refractivity contribution in [2.45, 2.75) is 84.2 Å². The summed E-state index contributed by atoms with van der Waals surface area (Å²) in [5.74, 6) is 0.670. The molecule has 47 heavy (non-hydrogen) atoms. The summed E-state index contributed by atoms with van der Waals surface area (Å²) in [6, 6.07) is 11.2. The van der Waals surface area contributed by atoms with E-state index in [2.05, 4.69) is 100.0 Å². The maximum Gasteiger partial charge on any atom is 0.262 e. The molecule has 2 fully saturated rings. The van der Waals surface area contributed by atoms with Gasteiger partial charge in [0.25, 0.3) is 11.1 Å². The molecule has 4 aromatic rings. The second-order valence-corrected chi connectivity index (χ2v) is 15.1. The molecule has 2 aliphatic rings. The average Bonchev–Trinajstić information content (AvgIpc) is 3.00. The molecule has 9 nitrogen and oxygen atoms in total. The number of nitrogens with zero attached hydrogens (tertiary/aromatic N) is 5. The Morgan fingerprint density at radius 1 is 0.830 bits per heavy atom. The van der Waals surface area contributed by atoms with E-state index >= 15 is 0 Å². The Morgan fingerprint density at radius 2 is 1.26 bits per heavy atom. The van der Waals surface area contributed by atoms with Crippen LogP contribution in [0.5, 0.6) is 0 Å². The second kappa shape index (κ2) is 18.5. The second-order valence-electron chi connectivity index (χ2n) is 12.5. The van der Waals surface area contributed by atoms with Gasteiger partial charge in [0.15, 0.2) is 0 Å². The van der Waals surface area contributed by atoms with E-state index in [-0.39, 0.29) is 39.9 Å². The quantitative estimate of drug-likeness (QED) is 0.156. The smallest absolute Gasteiger partial charge is 0.262 e. The average molecular weight is 913 g/mol. The Bertz CT molecular complexity index is 1740. The Labute approximate surface area is 317 Å². The monoisotopic (exact) mass is 911 g/mol. The summed E-state index contributed by atoms with van der Waals surface area (Å²) in [6.07, 6.45) is 7.30. The molecular weight excluding hydrogens is 863 g/mol. The minimum absolute atomic E-state index is 0. The fourth-order valence-corrected chi connectivity index (χ4v) is 6.51. The van der Waals surface area contributed by atoms with Crippen LogP contribution in [0.1, 0.15) is 73.1 Å². The van der Waals surface area contributed by atoms with Crippen molar-refractivity contribution in [3.05, 3.63) is 69.5 Å². The highest BCUT2D eigenvalue weighted by molar-refractivity contribution is 14.1. The molecule has 0 spiro atoms. The van der Waals surface area contributed by atoms with Crippen LogP contribution in [-0.2, 0) is 14.1 Å². The zero-order valence-corrected chi connectivity index (χ0v) is 34.4. The molecule has 0 aliphatic heterocycles. The van der Waals surface area contributed by atoms with E-state index in [1.54, 1.807) is 24.7 Å². The molecule has 2 heterocycles. The summed E-state index contributed by atoms with van der Waals surface area (Å²) in [6.45, 7) is 14.4. The number of hydrogen-bond acceptors (Lipinski definition) is 7. The van der Waals surface area contributed by atoms with Gasteiger partial charge in [0, 0.05) is 32.3 Å². The first-order valence-corrected chi connectivity index (χ1v) is 18.5. The zero-order valence-electron chi connectivity index (χ0n) is 28.5. The fourth-order valence-electron chi connectivity index (χ4n) is 5.11. The number of hydrogen-bond donors (Lipinski definition) is 2. The van der Waals surface area contributed by atoms with E-state index in [0.29, 0.717) is 22.2 Å². The molecule has 260 valence electrons. The number of nitrogens with one attached hydrogen (secondary N) is 1. The lowest BCUT2D eigenvalue weighted by atomic mass is 9.79. The molecule has 2 aromatic carbocycles. The maximum atomic E-state index is 12.4. The van der Waals surface area contributed by atoms with Gasteiger partial charge in [-0.05, 0) is 153 Å². The molecule has 2 saturated carbocycles. The van der Waals surface area contributed by atoms with Crippen LogP contribution in [0.4, 0.5) is 5.95 Å². The molecule has 3 N–H and O–H groups in total. The third kappa shape index (κ3) is 11.0. The molecule has 0 bridgehead atoms. The van der Waals surface area contributed by atoms with Crippen molar-refractivity contribution in [3.63, 3.8) is 0 Å². The largest absolute Gasteiger partial charge is 0.350 e. The van der Waals surface area contributed by atoms with Crippen molar-refractivity contribution in [2.24, 2.45) is 19.8 Å². The first kappa shape index (κ1) is 41.7. The molecule has 2 aromatic heterocycles. The maximum absolute atomic E-state index is 12.4. The summed E-state index contributed by atoms with van der Waals surface area (Å²) in [5.41, 5.74) is 7.28. The highest BCUT2D eigenvalue weighted by Gasteiger charge is 2.32. The van der Waals surface area contributed by atoms with E-state index in [1.807, 2.05) is 30.3 Å². The number of anilines is 1. The summed E-state index contributed by atoms with van der Waals surface area (Å²) in [7, 11) is 3.38. The van der Waals surface area contributed by atoms with Crippen LogP contribution in [0, 0.1) is 7.14 Å².